The summed E-state index contributed by atoms with van der Waals surface area (Å²) in [7, 11) is 0. The predicted octanol–water partition coefficient (Wildman–Crippen LogP) is 6.39. The van der Waals surface area contributed by atoms with E-state index in [2.05, 4.69) is 48.9 Å². The van der Waals surface area contributed by atoms with Gasteiger partial charge in [-0.2, -0.15) is 0 Å². The van der Waals surface area contributed by atoms with Crippen molar-refractivity contribution < 1.29 is 14.3 Å². The third-order valence-electron chi connectivity index (χ3n) is 4.81. The maximum Gasteiger partial charge on any atom is 0.255 e. The second-order valence-electron chi connectivity index (χ2n) is 8.00. The molecule has 0 saturated heterocycles. The van der Waals surface area contributed by atoms with Crippen LogP contribution in [-0.4, -0.2) is 36.4 Å². The summed E-state index contributed by atoms with van der Waals surface area (Å²) in [5.74, 6) is 1.11. The Kier molecular flexibility index (Phi) is 10.0. The van der Waals surface area contributed by atoms with E-state index >= 15 is 0 Å². The number of anilines is 1. The van der Waals surface area contributed by atoms with Gasteiger partial charge in [0.2, 0.25) is 0 Å². The van der Waals surface area contributed by atoms with E-state index in [4.69, 9.17) is 4.74 Å². The molecule has 0 saturated carbocycles. The average Bonchev–Trinajstić information content (AvgIpc) is 2.74. The second kappa shape index (κ2) is 12.5. The molecule has 0 aliphatic heterocycles. The second-order valence-corrected chi connectivity index (χ2v) is 8.85. The molecule has 1 N–H and O–H groups in total. The first-order valence-corrected chi connectivity index (χ1v) is 11.8. The fraction of sp³-hybridized carbons (Fsp3) is 0.440. The van der Waals surface area contributed by atoms with E-state index in [9.17, 15) is 9.59 Å². The lowest BCUT2D eigenvalue weighted by Crippen LogP contribution is -2.32. The molecule has 6 heteroatoms. The van der Waals surface area contributed by atoms with Gasteiger partial charge in [0.1, 0.15) is 5.75 Å². The molecule has 168 valence electrons. The van der Waals surface area contributed by atoms with Gasteiger partial charge in [0, 0.05) is 29.9 Å². The van der Waals surface area contributed by atoms with Gasteiger partial charge in [-0.05, 0) is 83.6 Å². The van der Waals surface area contributed by atoms with Crippen LogP contribution in [0.5, 0.6) is 5.75 Å². The van der Waals surface area contributed by atoms with E-state index in [0.717, 1.165) is 42.6 Å². The first-order chi connectivity index (χ1) is 14.8. The first kappa shape index (κ1) is 24.9. The molecule has 2 rings (SSSR count). The van der Waals surface area contributed by atoms with Crippen LogP contribution in [0, 0.1) is 5.92 Å². The van der Waals surface area contributed by atoms with Crippen molar-refractivity contribution in [2.45, 2.75) is 47.0 Å². The highest BCUT2D eigenvalue weighted by atomic mass is 79.9. The molecule has 0 bridgehead atoms. The molecule has 31 heavy (non-hydrogen) atoms. The van der Waals surface area contributed by atoms with Gasteiger partial charge in [-0.3, -0.25) is 9.59 Å². The number of nitrogens with one attached hydrogen (secondary N) is 1. The summed E-state index contributed by atoms with van der Waals surface area (Å²) in [5.41, 5.74) is 1.80. The zero-order valence-electron chi connectivity index (χ0n) is 18.9. The SMILES string of the molecule is CCCN(CCC)C(=O)c1ccc(NC(=O)c2ccc(OCCC(C)C)c(Br)c2)cc1. The highest BCUT2D eigenvalue weighted by Gasteiger charge is 2.15. The minimum atomic E-state index is -0.216. The first-order valence-electron chi connectivity index (χ1n) is 11.0. The molecule has 0 aliphatic rings. The lowest BCUT2D eigenvalue weighted by Gasteiger charge is -2.21. The fourth-order valence-electron chi connectivity index (χ4n) is 3.10. The Morgan fingerprint density at radius 3 is 2.16 bits per heavy atom. The number of amides is 2. The van der Waals surface area contributed by atoms with E-state index in [1.54, 1.807) is 42.5 Å². The number of benzene rings is 2. The smallest absolute Gasteiger partial charge is 0.255 e. The molecule has 5 nitrogen and oxygen atoms in total. The Morgan fingerprint density at radius 2 is 1.61 bits per heavy atom. The van der Waals surface area contributed by atoms with Crippen molar-refractivity contribution in [3.63, 3.8) is 0 Å². The average molecular weight is 489 g/mol. The summed E-state index contributed by atoms with van der Waals surface area (Å²) in [6.45, 7) is 10.6. The molecule has 0 atom stereocenters. The Hall–Kier alpha value is -2.34. The zero-order valence-corrected chi connectivity index (χ0v) is 20.5. The van der Waals surface area contributed by atoms with Crippen molar-refractivity contribution in [1.82, 2.24) is 4.90 Å². The monoisotopic (exact) mass is 488 g/mol. The van der Waals surface area contributed by atoms with Crippen LogP contribution in [0.2, 0.25) is 0 Å². The van der Waals surface area contributed by atoms with E-state index in [-0.39, 0.29) is 11.8 Å². The number of nitrogens with zero attached hydrogens (tertiary/aromatic N) is 1. The zero-order chi connectivity index (χ0) is 22.8. The van der Waals surface area contributed by atoms with Crippen molar-refractivity contribution >= 4 is 33.4 Å². The van der Waals surface area contributed by atoms with Gasteiger partial charge < -0.3 is 15.0 Å². The van der Waals surface area contributed by atoms with Crippen LogP contribution in [0.3, 0.4) is 0 Å². The summed E-state index contributed by atoms with van der Waals surface area (Å²) in [5, 5.41) is 2.88. The van der Waals surface area contributed by atoms with Crippen LogP contribution >= 0.6 is 15.9 Å². The van der Waals surface area contributed by atoms with Gasteiger partial charge in [0.05, 0.1) is 11.1 Å². The topological polar surface area (TPSA) is 58.6 Å². The highest BCUT2D eigenvalue weighted by Crippen LogP contribution is 2.27. The number of rotatable bonds is 11. The molecule has 0 spiro atoms. The van der Waals surface area contributed by atoms with Crippen LogP contribution in [0.4, 0.5) is 5.69 Å². The van der Waals surface area contributed by atoms with Gasteiger partial charge in [0.25, 0.3) is 11.8 Å². The van der Waals surface area contributed by atoms with E-state index in [1.165, 1.54) is 0 Å². The Labute approximate surface area is 194 Å². The van der Waals surface area contributed by atoms with Crippen molar-refractivity contribution in [2.75, 3.05) is 25.0 Å². The Balaban J connectivity index is 2.00. The maximum absolute atomic E-state index is 12.7. The normalized spacial score (nSPS) is 10.8. The number of hydrogen-bond donors (Lipinski definition) is 1. The largest absolute Gasteiger partial charge is 0.492 e. The highest BCUT2D eigenvalue weighted by molar-refractivity contribution is 9.10. The van der Waals surface area contributed by atoms with Crippen LogP contribution in [0.15, 0.2) is 46.9 Å². The molecule has 2 amide bonds. The number of halogens is 1. The third-order valence-corrected chi connectivity index (χ3v) is 5.43. The molecule has 0 fully saturated rings. The quantitative estimate of drug-likeness (QED) is 0.398. The lowest BCUT2D eigenvalue weighted by atomic mass is 10.1. The maximum atomic E-state index is 12.7. The van der Waals surface area contributed by atoms with Crippen molar-refractivity contribution in [3.8, 4) is 5.75 Å². The fourth-order valence-corrected chi connectivity index (χ4v) is 3.59. The molecule has 2 aromatic rings. The van der Waals surface area contributed by atoms with Crippen molar-refractivity contribution in [2.24, 2.45) is 5.92 Å². The lowest BCUT2D eigenvalue weighted by molar-refractivity contribution is 0.0755. The summed E-state index contributed by atoms with van der Waals surface area (Å²) in [6.07, 6.45) is 2.83. The summed E-state index contributed by atoms with van der Waals surface area (Å²) >= 11 is 3.49. The third kappa shape index (κ3) is 7.69. The molecular formula is C25H33BrN2O3. The Bertz CT molecular complexity index is 860. The van der Waals surface area contributed by atoms with Gasteiger partial charge >= 0.3 is 0 Å². The Morgan fingerprint density at radius 1 is 1.00 bits per heavy atom. The molecule has 0 aromatic heterocycles. The van der Waals surface area contributed by atoms with E-state index in [1.807, 2.05) is 4.90 Å². The minimum absolute atomic E-state index is 0.0264. The van der Waals surface area contributed by atoms with Crippen molar-refractivity contribution in [3.05, 3.63) is 58.1 Å². The van der Waals surface area contributed by atoms with Crippen LogP contribution in [0.1, 0.15) is 67.7 Å². The van der Waals surface area contributed by atoms with Gasteiger partial charge in [-0.25, -0.2) is 0 Å². The summed E-state index contributed by atoms with van der Waals surface area (Å²) in [4.78, 5) is 27.2. The van der Waals surface area contributed by atoms with Crippen molar-refractivity contribution in [1.29, 1.82) is 0 Å². The summed E-state index contributed by atoms with van der Waals surface area (Å²) in [6, 6.07) is 12.4. The number of carbonyl (C=O) groups is 2. The molecule has 0 aliphatic carbocycles. The number of hydrogen-bond acceptors (Lipinski definition) is 3. The van der Waals surface area contributed by atoms with E-state index < -0.39 is 0 Å². The molecule has 0 unspecified atom stereocenters. The number of ether oxygens (including phenoxy) is 1. The molecule has 2 aromatic carbocycles. The minimum Gasteiger partial charge on any atom is -0.492 e. The molecule has 0 heterocycles. The molecule has 0 radical (unpaired) electrons. The van der Waals surface area contributed by atoms with Gasteiger partial charge in [-0.15, -0.1) is 0 Å². The predicted molar refractivity (Wildman–Crippen MR) is 130 cm³/mol. The molecular weight excluding hydrogens is 456 g/mol. The number of carbonyl (C=O) groups excluding carboxylic acids is 2. The van der Waals surface area contributed by atoms with Gasteiger partial charge in [0.15, 0.2) is 0 Å². The van der Waals surface area contributed by atoms with Crippen LogP contribution in [-0.2, 0) is 0 Å². The van der Waals surface area contributed by atoms with Gasteiger partial charge in [-0.1, -0.05) is 27.7 Å². The van der Waals surface area contributed by atoms with Crippen LogP contribution < -0.4 is 10.1 Å². The van der Waals surface area contributed by atoms with Crippen LogP contribution in [0.25, 0.3) is 0 Å². The van der Waals surface area contributed by atoms with E-state index in [0.29, 0.717) is 29.3 Å². The standard InChI is InChI=1S/C25H33BrN2O3/c1-5-14-28(15-6-2)25(30)19-7-10-21(11-8-19)27-24(29)20-9-12-23(22(26)17-20)31-16-13-18(3)4/h7-12,17-18H,5-6,13-16H2,1-4H3,(H,27,29). The summed E-state index contributed by atoms with van der Waals surface area (Å²) < 4.78 is 6.52.